The van der Waals surface area contributed by atoms with Crippen molar-refractivity contribution in [2.45, 2.75) is 38.3 Å². The first-order chi connectivity index (χ1) is 11.5. The molecule has 1 aromatic heterocycles. The highest BCUT2D eigenvalue weighted by Crippen LogP contribution is 2.27. The standard InChI is InChI=1S/C19H24N2O2S/c1-14(20-13-19(2,23)17-8-5-11-24-17)15-6-3-7-16(12-15)21-10-4-9-18(21)22/h3,5-8,11-12,14,20,23H,4,9-10,13H2,1-2H3/t14-,19-/m0/s1. The highest BCUT2D eigenvalue weighted by atomic mass is 32.1. The van der Waals surface area contributed by atoms with Gasteiger partial charge >= 0.3 is 0 Å². The Bertz CT molecular complexity index is 697. The lowest BCUT2D eigenvalue weighted by Gasteiger charge is -2.26. The second kappa shape index (κ2) is 7.05. The normalized spacial score (nSPS) is 18.6. The molecule has 1 fully saturated rings. The molecule has 2 heterocycles. The largest absolute Gasteiger partial charge is 0.383 e. The van der Waals surface area contributed by atoms with Crippen LogP contribution < -0.4 is 10.2 Å². The van der Waals surface area contributed by atoms with Gasteiger partial charge in [0.2, 0.25) is 5.91 Å². The third-order valence-electron chi connectivity index (χ3n) is 4.56. The van der Waals surface area contributed by atoms with Crippen molar-refractivity contribution in [3.63, 3.8) is 0 Å². The molecule has 2 aromatic rings. The van der Waals surface area contributed by atoms with Gasteiger partial charge in [-0.2, -0.15) is 0 Å². The summed E-state index contributed by atoms with van der Waals surface area (Å²) < 4.78 is 0. The quantitative estimate of drug-likeness (QED) is 0.844. The Labute approximate surface area is 147 Å². The van der Waals surface area contributed by atoms with Gasteiger partial charge in [0.1, 0.15) is 5.60 Å². The van der Waals surface area contributed by atoms with Gasteiger partial charge in [-0.1, -0.05) is 18.2 Å². The Balaban J connectivity index is 1.67. The van der Waals surface area contributed by atoms with E-state index in [1.54, 1.807) is 11.3 Å². The van der Waals surface area contributed by atoms with Crippen molar-refractivity contribution in [1.82, 2.24) is 5.32 Å². The Morgan fingerprint density at radius 1 is 1.38 bits per heavy atom. The van der Waals surface area contributed by atoms with E-state index in [9.17, 15) is 9.90 Å². The van der Waals surface area contributed by atoms with Gasteiger partial charge in [-0.15, -0.1) is 11.3 Å². The monoisotopic (exact) mass is 344 g/mol. The lowest BCUT2D eigenvalue weighted by molar-refractivity contribution is -0.117. The first kappa shape index (κ1) is 17.1. The van der Waals surface area contributed by atoms with Crippen molar-refractivity contribution >= 4 is 22.9 Å². The number of anilines is 1. The Morgan fingerprint density at radius 2 is 2.21 bits per heavy atom. The second-order valence-electron chi connectivity index (χ2n) is 6.60. The maximum Gasteiger partial charge on any atom is 0.227 e. The molecule has 1 aromatic carbocycles. The number of hydrogen-bond acceptors (Lipinski definition) is 4. The summed E-state index contributed by atoms with van der Waals surface area (Å²) in [5.74, 6) is 0.202. The van der Waals surface area contributed by atoms with E-state index in [0.29, 0.717) is 13.0 Å². The Morgan fingerprint density at radius 3 is 2.88 bits per heavy atom. The van der Waals surface area contributed by atoms with Gasteiger partial charge in [0.05, 0.1) is 0 Å². The van der Waals surface area contributed by atoms with Gasteiger partial charge in [0, 0.05) is 36.1 Å². The number of hydrogen-bond donors (Lipinski definition) is 2. The van der Waals surface area contributed by atoms with Crippen molar-refractivity contribution < 1.29 is 9.90 Å². The van der Waals surface area contributed by atoms with Crippen molar-refractivity contribution in [3.8, 4) is 0 Å². The molecule has 0 unspecified atom stereocenters. The first-order valence-corrected chi connectivity index (χ1v) is 9.25. The topological polar surface area (TPSA) is 52.6 Å². The maximum absolute atomic E-state index is 11.9. The third kappa shape index (κ3) is 3.69. The number of thiophene rings is 1. The number of nitrogens with zero attached hydrogens (tertiary/aromatic N) is 1. The van der Waals surface area contributed by atoms with E-state index >= 15 is 0 Å². The molecule has 1 aliphatic rings. The van der Waals surface area contributed by atoms with Crippen LogP contribution in [-0.4, -0.2) is 24.1 Å². The number of nitrogens with one attached hydrogen (secondary N) is 1. The van der Waals surface area contributed by atoms with E-state index in [0.717, 1.165) is 29.1 Å². The van der Waals surface area contributed by atoms with Crippen LogP contribution in [0.4, 0.5) is 5.69 Å². The van der Waals surface area contributed by atoms with Crippen molar-refractivity contribution in [2.75, 3.05) is 18.0 Å². The van der Waals surface area contributed by atoms with Gasteiger partial charge in [-0.05, 0) is 49.4 Å². The summed E-state index contributed by atoms with van der Waals surface area (Å²) in [6.45, 7) is 5.19. The summed E-state index contributed by atoms with van der Waals surface area (Å²) >= 11 is 1.56. The summed E-state index contributed by atoms with van der Waals surface area (Å²) in [5.41, 5.74) is 1.20. The van der Waals surface area contributed by atoms with Crippen molar-refractivity contribution in [2.24, 2.45) is 0 Å². The number of amides is 1. The molecule has 5 heteroatoms. The van der Waals surface area contributed by atoms with Crippen LogP contribution in [0.15, 0.2) is 41.8 Å². The predicted molar refractivity (Wildman–Crippen MR) is 98.3 cm³/mol. The van der Waals surface area contributed by atoms with E-state index in [1.165, 1.54) is 0 Å². The van der Waals surface area contributed by atoms with Crippen LogP contribution >= 0.6 is 11.3 Å². The highest BCUT2D eigenvalue weighted by molar-refractivity contribution is 7.10. The summed E-state index contributed by atoms with van der Waals surface area (Å²) in [5, 5.41) is 16.0. The van der Waals surface area contributed by atoms with Gasteiger partial charge in [-0.3, -0.25) is 4.79 Å². The van der Waals surface area contributed by atoms with Crippen LogP contribution in [0.25, 0.3) is 0 Å². The molecular formula is C19H24N2O2S. The van der Waals surface area contributed by atoms with Crippen LogP contribution in [-0.2, 0) is 10.4 Å². The zero-order chi connectivity index (χ0) is 17.2. The molecule has 0 saturated carbocycles. The zero-order valence-corrected chi connectivity index (χ0v) is 15.0. The molecule has 3 rings (SSSR count). The van der Waals surface area contributed by atoms with Crippen LogP contribution in [0, 0.1) is 0 Å². The minimum absolute atomic E-state index is 0.0918. The Hall–Kier alpha value is -1.69. The molecule has 1 saturated heterocycles. The van der Waals surface area contributed by atoms with Crippen molar-refractivity contribution in [1.29, 1.82) is 0 Å². The molecule has 24 heavy (non-hydrogen) atoms. The molecule has 0 aliphatic carbocycles. The van der Waals surface area contributed by atoms with Gasteiger partial charge in [-0.25, -0.2) is 0 Å². The van der Waals surface area contributed by atoms with Gasteiger partial charge in [0.25, 0.3) is 0 Å². The molecule has 4 nitrogen and oxygen atoms in total. The number of carbonyl (C=O) groups is 1. The van der Waals surface area contributed by atoms with Gasteiger partial charge in [0.15, 0.2) is 0 Å². The average Bonchev–Trinajstić information content (AvgIpc) is 3.24. The number of rotatable bonds is 6. The van der Waals surface area contributed by atoms with E-state index in [1.807, 2.05) is 41.5 Å². The second-order valence-corrected chi connectivity index (χ2v) is 7.55. The predicted octanol–water partition coefficient (Wildman–Crippen LogP) is 3.43. The van der Waals surface area contributed by atoms with Crippen molar-refractivity contribution in [3.05, 3.63) is 52.2 Å². The molecule has 2 N–H and O–H groups in total. The minimum Gasteiger partial charge on any atom is -0.383 e. The number of aliphatic hydroxyl groups is 1. The fourth-order valence-corrected chi connectivity index (χ4v) is 3.81. The molecule has 2 atom stereocenters. The SMILES string of the molecule is C[C@H](NC[C@](C)(O)c1cccs1)c1cccc(N2CCCC2=O)c1. The van der Waals surface area contributed by atoms with E-state index in [2.05, 4.69) is 24.4 Å². The molecule has 0 radical (unpaired) electrons. The van der Waals surface area contributed by atoms with Crippen LogP contribution in [0.5, 0.6) is 0 Å². The van der Waals surface area contributed by atoms with Gasteiger partial charge < -0.3 is 15.3 Å². The molecule has 1 amide bonds. The van der Waals surface area contributed by atoms with Crippen LogP contribution in [0.3, 0.4) is 0 Å². The fraction of sp³-hybridized carbons (Fsp3) is 0.421. The number of benzene rings is 1. The van der Waals surface area contributed by atoms with E-state index in [4.69, 9.17) is 0 Å². The minimum atomic E-state index is -0.884. The summed E-state index contributed by atoms with van der Waals surface area (Å²) in [7, 11) is 0. The molecule has 0 bridgehead atoms. The van der Waals surface area contributed by atoms with Crippen LogP contribution in [0.2, 0.25) is 0 Å². The zero-order valence-electron chi connectivity index (χ0n) is 14.2. The third-order valence-corrected chi connectivity index (χ3v) is 5.68. The molecule has 0 spiro atoms. The molecule has 1 aliphatic heterocycles. The Kier molecular flexibility index (Phi) is 5.04. The summed E-state index contributed by atoms with van der Waals surface area (Å²) in [6, 6.07) is 12.1. The smallest absolute Gasteiger partial charge is 0.227 e. The fourth-order valence-electron chi connectivity index (χ4n) is 3.02. The lowest BCUT2D eigenvalue weighted by Crippen LogP contribution is -2.36. The van der Waals surface area contributed by atoms with Crippen LogP contribution in [0.1, 0.15) is 43.2 Å². The van der Waals surface area contributed by atoms with E-state index < -0.39 is 5.60 Å². The molecular weight excluding hydrogens is 320 g/mol. The first-order valence-electron chi connectivity index (χ1n) is 8.37. The van der Waals surface area contributed by atoms with E-state index in [-0.39, 0.29) is 11.9 Å². The average molecular weight is 344 g/mol. The lowest BCUT2D eigenvalue weighted by atomic mass is 10.0. The summed E-state index contributed by atoms with van der Waals surface area (Å²) in [4.78, 5) is 14.7. The highest BCUT2D eigenvalue weighted by Gasteiger charge is 2.25. The maximum atomic E-state index is 11.9. The molecule has 128 valence electrons. The summed E-state index contributed by atoms with van der Waals surface area (Å²) in [6.07, 6.45) is 1.57. The number of carbonyl (C=O) groups excluding carboxylic acids is 1.